The van der Waals surface area contributed by atoms with Gasteiger partial charge >= 0.3 is 5.97 Å². The molecule has 122 valence electrons. The van der Waals surface area contributed by atoms with Gasteiger partial charge in [0.2, 0.25) is 0 Å². The number of benzene rings is 2. The number of hydrogen-bond acceptors (Lipinski definition) is 3. The van der Waals surface area contributed by atoms with Crippen LogP contribution in [0.4, 0.5) is 4.39 Å². The van der Waals surface area contributed by atoms with Gasteiger partial charge in [-0.05, 0) is 29.1 Å². The zero-order valence-corrected chi connectivity index (χ0v) is 13.7. The molecule has 0 spiro atoms. The SMILES string of the molecule is O=C(O)C1CN(Cc2ccc(-c3cc4ccccc4s3)c(F)c2)C1. The molecule has 2 aromatic carbocycles. The normalized spacial score (nSPS) is 15.5. The Morgan fingerprint density at radius 3 is 2.71 bits per heavy atom. The van der Waals surface area contributed by atoms with Crippen molar-refractivity contribution in [1.29, 1.82) is 0 Å². The Morgan fingerprint density at radius 1 is 1.21 bits per heavy atom. The summed E-state index contributed by atoms with van der Waals surface area (Å²) in [5, 5.41) is 10.0. The number of carboxylic acids is 1. The van der Waals surface area contributed by atoms with Crippen LogP contribution in [0.15, 0.2) is 48.5 Å². The lowest BCUT2D eigenvalue weighted by molar-refractivity contribution is -0.147. The van der Waals surface area contributed by atoms with Gasteiger partial charge in [-0.25, -0.2) is 4.39 Å². The molecule has 3 aromatic rings. The number of fused-ring (bicyclic) bond motifs is 1. The van der Waals surface area contributed by atoms with Crippen LogP contribution >= 0.6 is 11.3 Å². The van der Waals surface area contributed by atoms with Crippen LogP contribution in [-0.4, -0.2) is 29.1 Å². The number of carbonyl (C=O) groups is 1. The molecule has 24 heavy (non-hydrogen) atoms. The molecule has 0 amide bonds. The number of likely N-dealkylation sites (tertiary alicyclic amines) is 1. The van der Waals surface area contributed by atoms with Crippen molar-refractivity contribution in [3.05, 3.63) is 59.9 Å². The first kappa shape index (κ1) is 15.3. The Kier molecular flexibility index (Phi) is 3.82. The quantitative estimate of drug-likeness (QED) is 0.772. The average molecular weight is 341 g/mol. The van der Waals surface area contributed by atoms with E-state index in [4.69, 9.17) is 5.11 Å². The molecule has 1 N–H and O–H groups in total. The molecule has 1 saturated heterocycles. The molecule has 3 nitrogen and oxygen atoms in total. The van der Waals surface area contributed by atoms with E-state index in [0.717, 1.165) is 20.5 Å². The molecule has 2 heterocycles. The molecule has 0 bridgehead atoms. The largest absolute Gasteiger partial charge is 0.481 e. The van der Waals surface area contributed by atoms with Gasteiger partial charge in [-0.1, -0.05) is 30.3 Å². The summed E-state index contributed by atoms with van der Waals surface area (Å²) in [7, 11) is 0. The number of rotatable bonds is 4. The molecule has 0 atom stereocenters. The molecular weight excluding hydrogens is 325 g/mol. The highest BCUT2D eigenvalue weighted by molar-refractivity contribution is 7.22. The fourth-order valence-electron chi connectivity index (χ4n) is 3.08. The van der Waals surface area contributed by atoms with Crippen molar-refractivity contribution >= 4 is 27.4 Å². The summed E-state index contributed by atoms with van der Waals surface area (Å²) in [4.78, 5) is 13.8. The molecular formula is C19H16FNO2S. The molecule has 4 rings (SSSR count). The Balaban J connectivity index is 1.53. The average Bonchev–Trinajstić information content (AvgIpc) is 2.93. The highest BCUT2D eigenvalue weighted by Gasteiger charge is 2.32. The predicted octanol–water partition coefficient (Wildman–Crippen LogP) is 4.22. The maximum Gasteiger partial charge on any atom is 0.309 e. The van der Waals surface area contributed by atoms with E-state index in [1.807, 2.05) is 47.4 Å². The van der Waals surface area contributed by atoms with Crippen molar-refractivity contribution in [3.63, 3.8) is 0 Å². The van der Waals surface area contributed by atoms with E-state index in [0.29, 0.717) is 25.2 Å². The van der Waals surface area contributed by atoms with Crippen LogP contribution in [0.1, 0.15) is 5.56 Å². The minimum absolute atomic E-state index is 0.227. The van der Waals surface area contributed by atoms with Crippen LogP contribution in [0, 0.1) is 11.7 Å². The Bertz CT molecular complexity index is 882. The van der Waals surface area contributed by atoms with Gasteiger partial charge in [-0.2, -0.15) is 0 Å². The van der Waals surface area contributed by atoms with Crippen molar-refractivity contribution in [2.75, 3.05) is 13.1 Å². The Hall–Kier alpha value is -2.24. The van der Waals surface area contributed by atoms with Crippen LogP contribution < -0.4 is 0 Å². The summed E-state index contributed by atoms with van der Waals surface area (Å²) in [5.74, 6) is -1.26. The number of thiophene rings is 1. The van der Waals surface area contributed by atoms with E-state index in [9.17, 15) is 9.18 Å². The second-order valence-electron chi connectivity index (χ2n) is 6.19. The first-order valence-corrected chi connectivity index (χ1v) is 8.64. The van der Waals surface area contributed by atoms with E-state index >= 15 is 0 Å². The van der Waals surface area contributed by atoms with Gasteiger partial charge in [0.1, 0.15) is 5.82 Å². The summed E-state index contributed by atoms with van der Waals surface area (Å²) in [6, 6.07) is 15.4. The van der Waals surface area contributed by atoms with Gasteiger partial charge in [0.15, 0.2) is 0 Å². The van der Waals surface area contributed by atoms with Crippen LogP contribution in [0.25, 0.3) is 20.5 Å². The van der Waals surface area contributed by atoms with Gasteiger partial charge in [0, 0.05) is 34.8 Å². The van der Waals surface area contributed by atoms with E-state index in [-0.39, 0.29) is 11.7 Å². The minimum atomic E-state index is -0.752. The molecule has 0 radical (unpaired) electrons. The third-order valence-electron chi connectivity index (χ3n) is 4.44. The number of hydrogen-bond donors (Lipinski definition) is 1. The van der Waals surface area contributed by atoms with Crippen molar-refractivity contribution in [3.8, 4) is 10.4 Å². The van der Waals surface area contributed by atoms with Crippen molar-refractivity contribution in [2.24, 2.45) is 5.92 Å². The second kappa shape index (κ2) is 6.00. The summed E-state index contributed by atoms with van der Waals surface area (Å²) in [6.45, 7) is 1.66. The van der Waals surface area contributed by atoms with Gasteiger partial charge in [-0.15, -0.1) is 11.3 Å². The van der Waals surface area contributed by atoms with Crippen molar-refractivity contribution in [1.82, 2.24) is 4.90 Å². The number of halogens is 1. The monoisotopic (exact) mass is 341 g/mol. The summed E-state index contributed by atoms with van der Waals surface area (Å²) < 4.78 is 15.7. The maximum absolute atomic E-state index is 14.5. The van der Waals surface area contributed by atoms with E-state index in [1.165, 1.54) is 0 Å². The predicted molar refractivity (Wildman–Crippen MR) is 93.6 cm³/mol. The van der Waals surface area contributed by atoms with Gasteiger partial charge in [0.25, 0.3) is 0 Å². The maximum atomic E-state index is 14.5. The van der Waals surface area contributed by atoms with Crippen LogP contribution in [0.3, 0.4) is 0 Å². The highest BCUT2D eigenvalue weighted by Crippen LogP contribution is 2.35. The first-order valence-electron chi connectivity index (χ1n) is 7.83. The topological polar surface area (TPSA) is 40.5 Å². The molecule has 1 fully saturated rings. The van der Waals surface area contributed by atoms with Crippen LogP contribution in [0.2, 0.25) is 0 Å². The standard InChI is InChI=1S/C19H16FNO2S/c20-16-7-12(9-21-10-14(11-21)19(22)23)5-6-15(16)18-8-13-3-1-2-4-17(13)24-18/h1-8,14H,9-11H2,(H,22,23). The summed E-state index contributed by atoms with van der Waals surface area (Å²) in [6.07, 6.45) is 0. The van der Waals surface area contributed by atoms with Crippen molar-refractivity contribution < 1.29 is 14.3 Å². The van der Waals surface area contributed by atoms with E-state index in [1.54, 1.807) is 17.4 Å². The second-order valence-corrected chi connectivity index (χ2v) is 7.28. The molecule has 0 aliphatic carbocycles. The van der Waals surface area contributed by atoms with Gasteiger partial charge in [0.05, 0.1) is 5.92 Å². The zero-order valence-electron chi connectivity index (χ0n) is 12.9. The highest BCUT2D eigenvalue weighted by atomic mass is 32.1. The Labute approximate surface area is 143 Å². The minimum Gasteiger partial charge on any atom is -0.481 e. The summed E-state index contributed by atoms with van der Waals surface area (Å²) in [5.41, 5.74) is 1.49. The third kappa shape index (κ3) is 2.81. The zero-order chi connectivity index (χ0) is 16.7. The summed E-state index contributed by atoms with van der Waals surface area (Å²) >= 11 is 1.59. The lowest BCUT2D eigenvalue weighted by Crippen LogP contribution is -2.49. The van der Waals surface area contributed by atoms with Gasteiger partial charge in [-0.3, -0.25) is 9.69 Å². The molecule has 1 aliphatic rings. The molecule has 0 unspecified atom stereocenters. The van der Waals surface area contributed by atoms with Gasteiger partial charge < -0.3 is 5.11 Å². The molecule has 0 saturated carbocycles. The number of aliphatic carboxylic acids is 1. The number of nitrogens with zero attached hydrogens (tertiary/aromatic N) is 1. The fraction of sp³-hybridized carbons (Fsp3) is 0.211. The molecule has 5 heteroatoms. The Morgan fingerprint density at radius 2 is 2.00 bits per heavy atom. The van der Waals surface area contributed by atoms with Crippen molar-refractivity contribution in [2.45, 2.75) is 6.54 Å². The van der Waals surface area contributed by atoms with Crippen LogP contribution in [-0.2, 0) is 11.3 Å². The first-order chi connectivity index (χ1) is 11.6. The lowest BCUT2D eigenvalue weighted by Gasteiger charge is -2.36. The van der Waals surface area contributed by atoms with E-state index < -0.39 is 5.97 Å². The fourth-order valence-corrected chi connectivity index (χ4v) is 4.17. The third-order valence-corrected chi connectivity index (χ3v) is 5.59. The van der Waals surface area contributed by atoms with Crippen LogP contribution in [0.5, 0.6) is 0 Å². The molecule has 1 aromatic heterocycles. The lowest BCUT2D eigenvalue weighted by atomic mass is 9.99. The van der Waals surface area contributed by atoms with E-state index in [2.05, 4.69) is 0 Å². The smallest absolute Gasteiger partial charge is 0.309 e. The number of carboxylic acid groups (broad SMARTS) is 1. The molecule has 1 aliphatic heterocycles.